The minimum absolute atomic E-state index is 0.0980. The van der Waals surface area contributed by atoms with Crippen molar-refractivity contribution in [1.29, 1.82) is 0 Å². The summed E-state index contributed by atoms with van der Waals surface area (Å²) in [7, 11) is 1.61. The SMILES string of the molecule is COc1ccc(NCCCC(C)(C)N)cc1Cl. The molecule has 3 nitrogen and oxygen atoms in total. The van der Waals surface area contributed by atoms with Crippen molar-refractivity contribution in [1.82, 2.24) is 0 Å². The van der Waals surface area contributed by atoms with Gasteiger partial charge >= 0.3 is 0 Å². The average molecular weight is 257 g/mol. The lowest BCUT2D eigenvalue weighted by Gasteiger charge is -2.18. The summed E-state index contributed by atoms with van der Waals surface area (Å²) < 4.78 is 5.09. The van der Waals surface area contributed by atoms with Crippen LogP contribution >= 0.6 is 11.6 Å². The quantitative estimate of drug-likeness (QED) is 0.768. The van der Waals surface area contributed by atoms with E-state index >= 15 is 0 Å². The molecule has 0 fully saturated rings. The van der Waals surface area contributed by atoms with Gasteiger partial charge in [0.25, 0.3) is 0 Å². The van der Waals surface area contributed by atoms with Gasteiger partial charge in [-0.1, -0.05) is 11.6 Å². The second-order valence-corrected chi connectivity index (χ2v) is 5.28. The maximum absolute atomic E-state index is 6.03. The van der Waals surface area contributed by atoms with Gasteiger partial charge in [-0.25, -0.2) is 0 Å². The van der Waals surface area contributed by atoms with Crippen molar-refractivity contribution in [2.45, 2.75) is 32.2 Å². The Bertz CT molecular complexity index is 361. The summed E-state index contributed by atoms with van der Waals surface area (Å²) in [6.45, 7) is 4.97. The van der Waals surface area contributed by atoms with Crippen LogP contribution in [0.15, 0.2) is 18.2 Å². The molecule has 1 aromatic rings. The first-order valence-corrected chi connectivity index (χ1v) is 6.16. The number of halogens is 1. The third-order valence-electron chi connectivity index (χ3n) is 2.48. The normalized spacial score (nSPS) is 11.4. The van der Waals surface area contributed by atoms with Gasteiger partial charge in [-0.05, 0) is 44.9 Å². The highest BCUT2D eigenvalue weighted by Gasteiger charge is 2.09. The largest absolute Gasteiger partial charge is 0.495 e. The predicted octanol–water partition coefficient (Wildman–Crippen LogP) is 3.28. The number of rotatable bonds is 6. The van der Waals surface area contributed by atoms with Crippen LogP contribution in [-0.4, -0.2) is 19.2 Å². The summed E-state index contributed by atoms with van der Waals surface area (Å²) in [4.78, 5) is 0. The number of nitrogens with two attached hydrogens (primary N) is 1. The highest BCUT2D eigenvalue weighted by Crippen LogP contribution is 2.27. The van der Waals surface area contributed by atoms with Gasteiger partial charge in [0.05, 0.1) is 12.1 Å². The van der Waals surface area contributed by atoms with Gasteiger partial charge in [-0.15, -0.1) is 0 Å². The summed E-state index contributed by atoms with van der Waals surface area (Å²) in [6, 6.07) is 5.68. The van der Waals surface area contributed by atoms with Crippen molar-refractivity contribution in [3.63, 3.8) is 0 Å². The van der Waals surface area contributed by atoms with Crippen LogP contribution in [0.5, 0.6) is 5.75 Å². The molecule has 0 bridgehead atoms. The first-order valence-electron chi connectivity index (χ1n) is 5.79. The molecule has 0 aliphatic carbocycles. The molecule has 0 heterocycles. The predicted molar refractivity (Wildman–Crippen MR) is 74.0 cm³/mol. The fraction of sp³-hybridized carbons (Fsp3) is 0.538. The van der Waals surface area contributed by atoms with Crippen molar-refractivity contribution in [2.75, 3.05) is 19.0 Å². The molecule has 1 rings (SSSR count). The molecule has 1 aromatic carbocycles. The van der Waals surface area contributed by atoms with E-state index in [1.165, 1.54) is 0 Å². The number of methoxy groups -OCH3 is 1. The van der Waals surface area contributed by atoms with Crippen LogP contribution < -0.4 is 15.8 Å². The standard InChI is InChI=1S/C13H21ClN2O/c1-13(2,15)7-4-8-16-10-5-6-12(17-3)11(14)9-10/h5-6,9,16H,4,7-8,15H2,1-3H3. The third-order valence-corrected chi connectivity index (χ3v) is 2.77. The Labute approximate surface area is 108 Å². The molecule has 4 heteroatoms. The zero-order valence-electron chi connectivity index (χ0n) is 10.7. The van der Waals surface area contributed by atoms with E-state index in [2.05, 4.69) is 5.32 Å². The van der Waals surface area contributed by atoms with Gasteiger partial charge in [-0.2, -0.15) is 0 Å². The van der Waals surface area contributed by atoms with Crippen LogP contribution in [0.3, 0.4) is 0 Å². The maximum Gasteiger partial charge on any atom is 0.137 e. The Hall–Kier alpha value is -0.930. The highest BCUT2D eigenvalue weighted by molar-refractivity contribution is 6.32. The maximum atomic E-state index is 6.03. The van der Waals surface area contributed by atoms with E-state index in [0.717, 1.165) is 25.1 Å². The summed E-state index contributed by atoms with van der Waals surface area (Å²) in [5.74, 6) is 0.695. The molecule has 96 valence electrons. The average Bonchev–Trinajstić information content (AvgIpc) is 2.23. The fourth-order valence-corrected chi connectivity index (χ4v) is 1.81. The molecule has 0 aliphatic rings. The lowest BCUT2D eigenvalue weighted by molar-refractivity contribution is 0.415. The summed E-state index contributed by atoms with van der Waals surface area (Å²) in [6.07, 6.45) is 2.02. The van der Waals surface area contributed by atoms with Crippen molar-refractivity contribution in [3.8, 4) is 5.75 Å². The molecule has 17 heavy (non-hydrogen) atoms. The number of ether oxygens (including phenoxy) is 1. The topological polar surface area (TPSA) is 47.3 Å². The lowest BCUT2D eigenvalue weighted by Crippen LogP contribution is -2.32. The number of hydrogen-bond donors (Lipinski definition) is 2. The van der Waals surface area contributed by atoms with Gasteiger partial charge in [0.2, 0.25) is 0 Å². The van der Waals surface area contributed by atoms with E-state index in [1.807, 2.05) is 32.0 Å². The summed E-state index contributed by atoms with van der Waals surface area (Å²) in [5, 5.41) is 3.94. The molecule has 0 unspecified atom stereocenters. The first kappa shape index (κ1) is 14.1. The molecule has 0 amide bonds. The van der Waals surface area contributed by atoms with Gasteiger partial charge in [0, 0.05) is 17.8 Å². The number of hydrogen-bond acceptors (Lipinski definition) is 3. The van der Waals surface area contributed by atoms with E-state index in [9.17, 15) is 0 Å². The van der Waals surface area contributed by atoms with Crippen molar-refractivity contribution < 1.29 is 4.74 Å². The summed E-state index contributed by atoms with van der Waals surface area (Å²) in [5.41, 5.74) is 6.82. The van der Waals surface area contributed by atoms with Crippen LogP contribution in [0, 0.1) is 0 Å². The van der Waals surface area contributed by atoms with E-state index in [-0.39, 0.29) is 5.54 Å². The Morgan fingerprint density at radius 3 is 2.65 bits per heavy atom. The van der Waals surface area contributed by atoms with Gasteiger partial charge in [-0.3, -0.25) is 0 Å². The van der Waals surface area contributed by atoms with Crippen LogP contribution in [0.4, 0.5) is 5.69 Å². The molecule has 3 N–H and O–H groups in total. The first-order chi connectivity index (χ1) is 7.92. The van der Waals surface area contributed by atoms with Crippen molar-refractivity contribution in [3.05, 3.63) is 23.2 Å². The molecule has 0 atom stereocenters. The summed E-state index contributed by atoms with van der Waals surface area (Å²) >= 11 is 6.03. The Balaban J connectivity index is 2.40. The van der Waals surface area contributed by atoms with Crippen molar-refractivity contribution >= 4 is 17.3 Å². The molecule has 0 radical (unpaired) electrons. The molecule has 0 saturated carbocycles. The minimum atomic E-state index is -0.0980. The molecule has 0 saturated heterocycles. The van der Waals surface area contributed by atoms with Crippen molar-refractivity contribution in [2.24, 2.45) is 5.73 Å². The van der Waals surface area contributed by atoms with E-state index in [4.69, 9.17) is 22.1 Å². The number of nitrogens with one attached hydrogen (secondary N) is 1. The van der Waals surface area contributed by atoms with Crippen LogP contribution in [0.25, 0.3) is 0 Å². The van der Waals surface area contributed by atoms with E-state index in [1.54, 1.807) is 7.11 Å². The van der Waals surface area contributed by atoms with Crippen LogP contribution in [0.2, 0.25) is 5.02 Å². The number of anilines is 1. The fourth-order valence-electron chi connectivity index (χ4n) is 1.55. The molecule has 0 aromatic heterocycles. The Morgan fingerprint density at radius 1 is 1.41 bits per heavy atom. The number of benzene rings is 1. The Kier molecular flexibility index (Phi) is 5.09. The monoisotopic (exact) mass is 256 g/mol. The third kappa shape index (κ3) is 5.29. The Morgan fingerprint density at radius 2 is 2.12 bits per heavy atom. The second kappa shape index (κ2) is 6.12. The molecular weight excluding hydrogens is 236 g/mol. The van der Waals surface area contributed by atoms with Gasteiger partial charge in [0.1, 0.15) is 5.75 Å². The lowest BCUT2D eigenvalue weighted by atomic mass is 10.0. The van der Waals surface area contributed by atoms with Gasteiger partial charge < -0.3 is 15.8 Å². The zero-order chi connectivity index (χ0) is 12.9. The second-order valence-electron chi connectivity index (χ2n) is 4.87. The van der Waals surface area contributed by atoms with Gasteiger partial charge in [0.15, 0.2) is 0 Å². The zero-order valence-corrected chi connectivity index (χ0v) is 11.5. The molecule has 0 aliphatic heterocycles. The molecule has 0 spiro atoms. The van der Waals surface area contributed by atoms with E-state index < -0.39 is 0 Å². The van der Waals surface area contributed by atoms with E-state index in [0.29, 0.717) is 10.8 Å². The minimum Gasteiger partial charge on any atom is -0.495 e. The van der Waals surface area contributed by atoms with Crippen LogP contribution in [0.1, 0.15) is 26.7 Å². The smallest absolute Gasteiger partial charge is 0.137 e. The molecular formula is C13H21ClN2O. The van der Waals surface area contributed by atoms with Crippen LogP contribution in [-0.2, 0) is 0 Å². The highest BCUT2D eigenvalue weighted by atomic mass is 35.5.